The van der Waals surface area contributed by atoms with E-state index in [1.165, 1.54) is 0 Å². The zero-order valence-corrected chi connectivity index (χ0v) is 15.4. The fraction of sp³-hybridized carbons (Fsp3) is 0.278. The molecule has 0 atom stereocenters. The molecule has 0 fully saturated rings. The number of hydrazone groups is 1. The van der Waals surface area contributed by atoms with Gasteiger partial charge in [0, 0.05) is 29.7 Å². The third-order valence-corrected chi connectivity index (χ3v) is 3.85. The van der Waals surface area contributed by atoms with Crippen molar-refractivity contribution in [1.29, 1.82) is 0 Å². The molecule has 4 nitrogen and oxygen atoms in total. The maximum atomic E-state index is 6.18. The first-order valence-corrected chi connectivity index (χ1v) is 8.30. The molecule has 0 saturated heterocycles. The summed E-state index contributed by atoms with van der Waals surface area (Å²) in [6.45, 7) is 2.73. The van der Waals surface area contributed by atoms with Gasteiger partial charge in [-0.3, -0.25) is 0 Å². The topological polar surface area (TPSA) is 34.1 Å². The molecule has 2 aromatic carbocycles. The highest BCUT2D eigenvalue weighted by atomic mass is 35.5. The minimum Gasteiger partial charge on any atom is -0.490 e. The molecule has 0 saturated carbocycles. The van der Waals surface area contributed by atoms with E-state index in [2.05, 4.69) is 5.10 Å². The van der Waals surface area contributed by atoms with Gasteiger partial charge in [-0.05, 0) is 42.8 Å². The van der Waals surface area contributed by atoms with Crippen LogP contribution in [-0.4, -0.2) is 31.9 Å². The van der Waals surface area contributed by atoms with Crippen LogP contribution in [0.4, 0.5) is 0 Å². The van der Waals surface area contributed by atoms with Crippen molar-refractivity contribution < 1.29 is 9.47 Å². The van der Waals surface area contributed by atoms with Crippen LogP contribution in [0, 0.1) is 0 Å². The van der Waals surface area contributed by atoms with Crippen LogP contribution in [0.1, 0.15) is 18.1 Å². The van der Waals surface area contributed by atoms with E-state index in [1.807, 2.05) is 39.2 Å². The highest BCUT2D eigenvalue weighted by Gasteiger charge is 2.10. The lowest BCUT2D eigenvalue weighted by atomic mass is 10.2. The Kier molecular flexibility index (Phi) is 6.76. The normalized spacial score (nSPS) is 10.9. The van der Waals surface area contributed by atoms with Gasteiger partial charge in [-0.15, -0.1) is 0 Å². The molecule has 0 bridgehead atoms. The van der Waals surface area contributed by atoms with Crippen LogP contribution < -0.4 is 9.47 Å². The van der Waals surface area contributed by atoms with Crippen molar-refractivity contribution >= 4 is 29.4 Å². The summed E-state index contributed by atoms with van der Waals surface area (Å²) in [4.78, 5) is 0. The van der Waals surface area contributed by atoms with Crippen molar-refractivity contribution in [2.75, 3.05) is 20.7 Å². The standard InChI is InChI=1S/C18H20Cl2N2O2/c1-4-23-18-10-13(11-21-22(2)3)8-9-17(18)24-12-14-15(19)6-5-7-16(14)20/h5-11H,4,12H2,1-3H3/b21-11+. The average Bonchev–Trinajstić information content (AvgIpc) is 2.54. The molecule has 0 radical (unpaired) electrons. The van der Waals surface area contributed by atoms with Gasteiger partial charge in [0.1, 0.15) is 6.61 Å². The first-order chi connectivity index (χ1) is 11.5. The summed E-state index contributed by atoms with van der Waals surface area (Å²) < 4.78 is 11.5. The number of halogens is 2. The Hall–Kier alpha value is -1.91. The molecule has 6 heteroatoms. The highest BCUT2D eigenvalue weighted by molar-refractivity contribution is 6.35. The number of hydrogen-bond donors (Lipinski definition) is 0. The lowest BCUT2D eigenvalue weighted by Crippen LogP contribution is -2.03. The van der Waals surface area contributed by atoms with Crippen molar-refractivity contribution in [3.05, 3.63) is 57.6 Å². The minimum atomic E-state index is 0.268. The number of hydrogen-bond acceptors (Lipinski definition) is 4. The van der Waals surface area contributed by atoms with E-state index < -0.39 is 0 Å². The first-order valence-electron chi connectivity index (χ1n) is 7.55. The van der Waals surface area contributed by atoms with E-state index in [9.17, 15) is 0 Å². The quantitative estimate of drug-likeness (QED) is 0.517. The van der Waals surface area contributed by atoms with Gasteiger partial charge in [0.25, 0.3) is 0 Å². The number of ether oxygens (including phenoxy) is 2. The van der Waals surface area contributed by atoms with E-state index in [1.54, 1.807) is 29.4 Å². The summed E-state index contributed by atoms with van der Waals surface area (Å²) in [5.41, 5.74) is 1.68. The molecule has 0 unspecified atom stereocenters. The second-order valence-corrected chi connectivity index (χ2v) is 6.03. The SMILES string of the molecule is CCOc1cc(/C=N/N(C)C)ccc1OCc1c(Cl)cccc1Cl. The Balaban J connectivity index is 2.20. The monoisotopic (exact) mass is 366 g/mol. The highest BCUT2D eigenvalue weighted by Crippen LogP contribution is 2.31. The van der Waals surface area contributed by atoms with Crippen LogP contribution >= 0.6 is 23.2 Å². The van der Waals surface area contributed by atoms with Gasteiger partial charge < -0.3 is 14.5 Å². The molecule has 0 aromatic heterocycles. The molecule has 128 valence electrons. The van der Waals surface area contributed by atoms with Gasteiger partial charge in [-0.1, -0.05) is 29.3 Å². The molecule has 0 aliphatic rings. The van der Waals surface area contributed by atoms with Crippen LogP contribution in [0.2, 0.25) is 10.0 Å². The third kappa shape index (κ3) is 5.05. The summed E-state index contributed by atoms with van der Waals surface area (Å²) in [6.07, 6.45) is 1.76. The summed E-state index contributed by atoms with van der Waals surface area (Å²) in [7, 11) is 3.73. The molecule has 2 aromatic rings. The van der Waals surface area contributed by atoms with E-state index in [0.29, 0.717) is 28.2 Å². The van der Waals surface area contributed by atoms with Gasteiger partial charge in [0.15, 0.2) is 11.5 Å². The molecule has 0 N–H and O–H groups in total. The zero-order valence-electron chi connectivity index (χ0n) is 13.9. The van der Waals surface area contributed by atoms with Gasteiger partial charge in [0.2, 0.25) is 0 Å². The molecular weight excluding hydrogens is 347 g/mol. The molecule has 0 amide bonds. The van der Waals surface area contributed by atoms with Crippen molar-refractivity contribution in [1.82, 2.24) is 5.01 Å². The second-order valence-electron chi connectivity index (χ2n) is 5.22. The lowest BCUT2D eigenvalue weighted by Gasteiger charge is -2.14. The minimum absolute atomic E-state index is 0.268. The summed E-state index contributed by atoms with van der Waals surface area (Å²) in [5.74, 6) is 1.29. The molecule has 0 aliphatic carbocycles. The number of nitrogens with zero attached hydrogens (tertiary/aromatic N) is 2. The third-order valence-electron chi connectivity index (χ3n) is 3.14. The van der Waals surface area contributed by atoms with E-state index >= 15 is 0 Å². The first kappa shape index (κ1) is 18.4. The molecule has 2 rings (SSSR count). The number of benzene rings is 2. The summed E-state index contributed by atoms with van der Waals surface area (Å²) in [6, 6.07) is 11.0. The maximum absolute atomic E-state index is 6.18. The van der Waals surface area contributed by atoms with Crippen LogP contribution in [0.15, 0.2) is 41.5 Å². The Labute approximate surface area is 152 Å². The van der Waals surface area contributed by atoms with E-state index in [4.69, 9.17) is 32.7 Å². The second kappa shape index (κ2) is 8.81. The maximum Gasteiger partial charge on any atom is 0.161 e. The largest absolute Gasteiger partial charge is 0.490 e. The Morgan fingerprint density at radius 1 is 1.04 bits per heavy atom. The van der Waals surface area contributed by atoms with Gasteiger partial charge in [-0.25, -0.2) is 0 Å². The Bertz CT molecular complexity index is 698. The smallest absolute Gasteiger partial charge is 0.161 e. The predicted octanol–water partition coefficient (Wildman–Crippen LogP) is 4.87. The average molecular weight is 367 g/mol. The zero-order chi connectivity index (χ0) is 17.5. The van der Waals surface area contributed by atoms with Crippen LogP contribution in [-0.2, 0) is 6.61 Å². The molecule has 0 aliphatic heterocycles. The van der Waals surface area contributed by atoms with Crippen LogP contribution in [0.5, 0.6) is 11.5 Å². The van der Waals surface area contributed by atoms with Crippen molar-refractivity contribution in [2.24, 2.45) is 5.10 Å². The Morgan fingerprint density at radius 2 is 1.75 bits per heavy atom. The van der Waals surface area contributed by atoms with E-state index in [0.717, 1.165) is 11.1 Å². The van der Waals surface area contributed by atoms with Gasteiger partial charge >= 0.3 is 0 Å². The fourth-order valence-corrected chi connectivity index (χ4v) is 2.50. The predicted molar refractivity (Wildman–Crippen MR) is 99.7 cm³/mol. The van der Waals surface area contributed by atoms with Gasteiger partial charge in [0.05, 0.1) is 12.8 Å². The summed E-state index contributed by atoms with van der Waals surface area (Å²) in [5, 5.41) is 7.10. The van der Waals surface area contributed by atoms with Crippen molar-refractivity contribution in [3.8, 4) is 11.5 Å². The number of rotatable bonds is 7. The van der Waals surface area contributed by atoms with E-state index in [-0.39, 0.29) is 6.61 Å². The molecule has 24 heavy (non-hydrogen) atoms. The molecule has 0 heterocycles. The lowest BCUT2D eigenvalue weighted by molar-refractivity contribution is 0.269. The summed E-state index contributed by atoms with van der Waals surface area (Å²) >= 11 is 12.4. The van der Waals surface area contributed by atoms with Crippen molar-refractivity contribution in [3.63, 3.8) is 0 Å². The fourth-order valence-electron chi connectivity index (χ4n) is 1.99. The van der Waals surface area contributed by atoms with Gasteiger partial charge in [-0.2, -0.15) is 5.10 Å². The molecular formula is C18H20Cl2N2O2. The Morgan fingerprint density at radius 3 is 2.38 bits per heavy atom. The van der Waals surface area contributed by atoms with Crippen LogP contribution in [0.3, 0.4) is 0 Å². The van der Waals surface area contributed by atoms with Crippen molar-refractivity contribution in [2.45, 2.75) is 13.5 Å². The van der Waals surface area contributed by atoms with Crippen LogP contribution in [0.25, 0.3) is 0 Å². The molecule has 0 spiro atoms.